The summed E-state index contributed by atoms with van der Waals surface area (Å²) in [5.41, 5.74) is 2.38. The molecule has 2 aromatic rings. The average Bonchev–Trinajstić information content (AvgIpc) is 2.48. The van der Waals surface area contributed by atoms with Crippen molar-refractivity contribution in [2.45, 2.75) is 33.2 Å². The highest BCUT2D eigenvalue weighted by Gasteiger charge is 2.06. The van der Waals surface area contributed by atoms with E-state index in [1.807, 2.05) is 37.3 Å². The highest BCUT2D eigenvalue weighted by molar-refractivity contribution is 6.32. The Morgan fingerprint density at radius 2 is 1.86 bits per heavy atom. The lowest BCUT2D eigenvalue weighted by molar-refractivity contribution is 0.482. The molecule has 0 aliphatic rings. The molecule has 3 heteroatoms. The van der Waals surface area contributed by atoms with Gasteiger partial charge < -0.3 is 10.1 Å². The monoisotopic (exact) mass is 303 g/mol. The van der Waals surface area contributed by atoms with Gasteiger partial charge in [-0.25, -0.2) is 0 Å². The molecule has 1 unspecified atom stereocenters. The van der Waals surface area contributed by atoms with Crippen LogP contribution in [0.2, 0.25) is 5.02 Å². The lowest BCUT2D eigenvalue weighted by Crippen LogP contribution is -2.19. The number of halogens is 1. The van der Waals surface area contributed by atoms with Crippen molar-refractivity contribution in [1.82, 2.24) is 5.32 Å². The van der Waals surface area contributed by atoms with Crippen LogP contribution in [0.15, 0.2) is 42.5 Å². The molecule has 0 aromatic heterocycles. The lowest BCUT2D eigenvalue weighted by Gasteiger charge is -2.14. The molecule has 0 spiro atoms. The van der Waals surface area contributed by atoms with Crippen LogP contribution in [-0.2, 0) is 0 Å². The van der Waals surface area contributed by atoms with Crippen LogP contribution in [0.5, 0.6) is 11.5 Å². The molecule has 0 bridgehead atoms. The number of nitrogens with one attached hydrogen (secondary N) is 1. The molecule has 0 aliphatic carbocycles. The van der Waals surface area contributed by atoms with Gasteiger partial charge in [0.2, 0.25) is 0 Å². The Bertz CT molecular complexity index is 580. The van der Waals surface area contributed by atoms with E-state index in [1.54, 1.807) is 0 Å². The van der Waals surface area contributed by atoms with Gasteiger partial charge in [-0.05, 0) is 62.2 Å². The predicted molar refractivity (Wildman–Crippen MR) is 89.4 cm³/mol. The number of rotatable bonds is 6. The van der Waals surface area contributed by atoms with Gasteiger partial charge >= 0.3 is 0 Å². The summed E-state index contributed by atoms with van der Waals surface area (Å²) < 4.78 is 5.83. The summed E-state index contributed by atoms with van der Waals surface area (Å²) in [5.74, 6) is 1.49. The Balaban J connectivity index is 2.05. The van der Waals surface area contributed by atoms with Crippen molar-refractivity contribution in [1.29, 1.82) is 0 Å². The molecule has 0 fully saturated rings. The quantitative estimate of drug-likeness (QED) is 0.760. The highest BCUT2D eigenvalue weighted by atomic mass is 35.5. The summed E-state index contributed by atoms with van der Waals surface area (Å²) in [7, 11) is 0. The third kappa shape index (κ3) is 4.48. The van der Waals surface area contributed by atoms with Crippen LogP contribution in [0, 0.1) is 6.92 Å². The van der Waals surface area contributed by atoms with Crippen LogP contribution in [0.25, 0.3) is 0 Å². The average molecular weight is 304 g/mol. The van der Waals surface area contributed by atoms with E-state index in [0.717, 1.165) is 24.3 Å². The van der Waals surface area contributed by atoms with Gasteiger partial charge in [-0.15, -0.1) is 0 Å². The van der Waals surface area contributed by atoms with E-state index in [4.69, 9.17) is 16.3 Å². The number of benzene rings is 2. The third-order valence-electron chi connectivity index (χ3n) is 3.40. The maximum absolute atomic E-state index is 6.18. The first-order chi connectivity index (χ1) is 10.1. The summed E-state index contributed by atoms with van der Waals surface area (Å²) >= 11 is 6.18. The zero-order chi connectivity index (χ0) is 15.2. The van der Waals surface area contributed by atoms with Crippen LogP contribution < -0.4 is 10.1 Å². The first-order valence-corrected chi connectivity index (χ1v) is 7.75. The molecule has 0 heterocycles. The Morgan fingerprint density at radius 3 is 2.48 bits per heavy atom. The number of hydrogen-bond donors (Lipinski definition) is 1. The van der Waals surface area contributed by atoms with Gasteiger partial charge in [0.1, 0.15) is 11.5 Å². The summed E-state index contributed by atoms with van der Waals surface area (Å²) in [6.07, 6.45) is 1.14. The van der Waals surface area contributed by atoms with E-state index < -0.39 is 0 Å². The van der Waals surface area contributed by atoms with Crippen molar-refractivity contribution in [2.75, 3.05) is 6.54 Å². The molecule has 0 aliphatic heterocycles. The van der Waals surface area contributed by atoms with E-state index >= 15 is 0 Å². The highest BCUT2D eigenvalue weighted by Crippen LogP contribution is 2.30. The first kappa shape index (κ1) is 15.9. The first-order valence-electron chi connectivity index (χ1n) is 7.37. The molecule has 0 saturated carbocycles. The van der Waals surface area contributed by atoms with Gasteiger partial charge in [0.15, 0.2) is 0 Å². The van der Waals surface area contributed by atoms with Gasteiger partial charge in [0.25, 0.3) is 0 Å². The molecule has 2 nitrogen and oxygen atoms in total. The SMILES string of the molecule is CCCNC(C)c1ccc(Oc2ccc(C)cc2Cl)cc1. The molecule has 0 amide bonds. The van der Waals surface area contributed by atoms with E-state index in [2.05, 4.69) is 31.3 Å². The second kappa shape index (κ2) is 7.48. The van der Waals surface area contributed by atoms with Crippen molar-refractivity contribution in [3.05, 3.63) is 58.6 Å². The van der Waals surface area contributed by atoms with Crippen molar-refractivity contribution in [2.24, 2.45) is 0 Å². The summed E-state index contributed by atoms with van der Waals surface area (Å²) in [6, 6.07) is 14.3. The number of aryl methyl sites for hydroxylation is 1. The Kier molecular flexibility index (Phi) is 5.66. The minimum Gasteiger partial charge on any atom is -0.456 e. The maximum Gasteiger partial charge on any atom is 0.146 e. The minimum atomic E-state index is 0.349. The van der Waals surface area contributed by atoms with Gasteiger partial charge in [-0.3, -0.25) is 0 Å². The van der Waals surface area contributed by atoms with Gasteiger partial charge in [-0.1, -0.05) is 36.7 Å². The van der Waals surface area contributed by atoms with Crippen molar-refractivity contribution < 1.29 is 4.74 Å². The normalized spacial score (nSPS) is 12.2. The van der Waals surface area contributed by atoms with Crippen LogP contribution in [0.3, 0.4) is 0 Å². The fourth-order valence-electron chi connectivity index (χ4n) is 2.12. The van der Waals surface area contributed by atoms with E-state index in [1.165, 1.54) is 5.56 Å². The molecule has 21 heavy (non-hydrogen) atoms. The zero-order valence-electron chi connectivity index (χ0n) is 12.8. The van der Waals surface area contributed by atoms with Crippen molar-refractivity contribution in [3.8, 4) is 11.5 Å². The van der Waals surface area contributed by atoms with Crippen LogP contribution in [-0.4, -0.2) is 6.54 Å². The standard InChI is InChI=1S/C18H22ClNO/c1-4-11-20-14(3)15-6-8-16(9-7-15)21-18-10-5-13(2)12-17(18)19/h5-10,12,14,20H,4,11H2,1-3H3. The largest absolute Gasteiger partial charge is 0.456 e. The smallest absolute Gasteiger partial charge is 0.146 e. The Hall–Kier alpha value is -1.51. The molecule has 0 radical (unpaired) electrons. The van der Waals surface area contributed by atoms with E-state index in [-0.39, 0.29) is 0 Å². The molecule has 1 N–H and O–H groups in total. The second-order valence-electron chi connectivity index (χ2n) is 5.28. The van der Waals surface area contributed by atoms with Gasteiger partial charge in [-0.2, -0.15) is 0 Å². The predicted octanol–water partition coefficient (Wildman–Crippen LogP) is 5.50. The zero-order valence-corrected chi connectivity index (χ0v) is 13.6. The third-order valence-corrected chi connectivity index (χ3v) is 3.69. The molecular weight excluding hydrogens is 282 g/mol. The molecule has 2 rings (SSSR count). The topological polar surface area (TPSA) is 21.3 Å². The van der Waals surface area contributed by atoms with Crippen molar-refractivity contribution in [3.63, 3.8) is 0 Å². The fourth-order valence-corrected chi connectivity index (χ4v) is 2.39. The molecular formula is C18H22ClNO. The minimum absolute atomic E-state index is 0.349. The number of ether oxygens (including phenoxy) is 1. The molecule has 2 aromatic carbocycles. The fraction of sp³-hybridized carbons (Fsp3) is 0.333. The van der Waals surface area contributed by atoms with Crippen LogP contribution >= 0.6 is 11.6 Å². The molecule has 0 saturated heterocycles. The van der Waals surface area contributed by atoms with E-state index in [0.29, 0.717) is 16.8 Å². The lowest BCUT2D eigenvalue weighted by atomic mass is 10.1. The van der Waals surface area contributed by atoms with Crippen molar-refractivity contribution >= 4 is 11.6 Å². The number of hydrogen-bond acceptors (Lipinski definition) is 2. The molecule has 112 valence electrons. The maximum atomic E-state index is 6.18. The Morgan fingerprint density at radius 1 is 1.14 bits per heavy atom. The Labute approximate surface area is 132 Å². The second-order valence-corrected chi connectivity index (χ2v) is 5.69. The van der Waals surface area contributed by atoms with E-state index in [9.17, 15) is 0 Å². The summed E-state index contributed by atoms with van der Waals surface area (Å²) in [6.45, 7) is 7.37. The molecule has 1 atom stereocenters. The summed E-state index contributed by atoms with van der Waals surface area (Å²) in [4.78, 5) is 0. The summed E-state index contributed by atoms with van der Waals surface area (Å²) in [5, 5.41) is 4.11. The van der Waals surface area contributed by atoms with Gasteiger partial charge in [0, 0.05) is 6.04 Å². The van der Waals surface area contributed by atoms with Gasteiger partial charge in [0.05, 0.1) is 5.02 Å². The van der Waals surface area contributed by atoms with Crippen LogP contribution in [0.4, 0.5) is 0 Å². The van der Waals surface area contributed by atoms with Crippen LogP contribution in [0.1, 0.15) is 37.4 Å².